The van der Waals surface area contributed by atoms with Crippen LogP contribution in [-0.4, -0.2) is 29.1 Å². The first kappa shape index (κ1) is 20.5. The minimum atomic E-state index is -0.388. The lowest BCUT2D eigenvalue weighted by molar-refractivity contribution is -0.146. The van der Waals surface area contributed by atoms with Gasteiger partial charge in [-0.15, -0.1) is 0 Å². The van der Waals surface area contributed by atoms with Crippen molar-refractivity contribution in [3.63, 3.8) is 0 Å². The zero-order valence-electron chi connectivity index (χ0n) is 16.5. The van der Waals surface area contributed by atoms with Gasteiger partial charge < -0.3 is 9.47 Å². The number of rotatable bonds is 4. The van der Waals surface area contributed by atoms with Crippen LogP contribution in [0.4, 0.5) is 0 Å². The molecule has 0 bridgehead atoms. The number of fused-ring (bicyclic) bond motifs is 1. The number of nitrogens with zero attached hydrogens (tertiary/aromatic N) is 1. The average Bonchev–Trinajstić information content (AvgIpc) is 2.71. The second-order valence-corrected chi connectivity index (χ2v) is 7.00. The molecule has 1 aliphatic carbocycles. The Hall–Kier alpha value is -3.21. The molecule has 1 aromatic heterocycles. The van der Waals surface area contributed by atoms with Crippen LogP contribution < -0.4 is 0 Å². The van der Waals surface area contributed by atoms with E-state index in [9.17, 15) is 9.59 Å². The van der Waals surface area contributed by atoms with Gasteiger partial charge in [0.25, 0.3) is 0 Å². The Morgan fingerprint density at radius 3 is 2.14 bits per heavy atom. The molecular weight excluding hydrogens is 366 g/mol. The fourth-order valence-corrected chi connectivity index (χ4v) is 3.35. The second-order valence-electron chi connectivity index (χ2n) is 7.00. The first-order valence-electron chi connectivity index (χ1n) is 9.79. The van der Waals surface area contributed by atoms with Crippen LogP contribution in [0.15, 0.2) is 66.9 Å². The van der Waals surface area contributed by atoms with Crippen molar-refractivity contribution in [1.82, 2.24) is 4.98 Å². The van der Waals surface area contributed by atoms with E-state index in [4.69, 9.17) is 9.47 Å². The SMILES string of the molecule is CC(=O)OC1C/C=C\CC(OC(=O)/C=C/c2ccccn2)Cc2ccccc2C1. The molecule has 0 aliphatic heterocycles. The van der Waals surface area contributed by atoms with Crippen LogP contribution in [0.5, 0.6) is 0 Å². The maximum Gasteiger partial charge on any atom is 0.331 e. The minimum Gasteiger partial charge on any atom is -0.462 e. The van der Waals surface area contributed by atoms with Gasteiger partial charge in [-0.1, -0.05) is 42.5 Å². The van der Waals surface area contributed by atoms with Crippen molar-refractivity contribution in [2.75, 3.05) is 0 Å². The fraction of sp³-hybridized carbons (Fsp3) is 0.292. The molecule has 1 aromatic carbocycles. The maximum absolute atomic E-state index is 12.3. The van der Waals surface area contributed by atoms with Crippen LogP contribution in [0.25, 0.3) is 6.08 Å². The maximum atomic E-state index is 12.3. The van der Waals surface area contributed by atoms with Gasteiger partial charge in [-0.3, -0.25) is 9.78 Å². The summed E-state index contributed by atoms with van der Waals surface area (Å²) in [5.74, 6) is -0.661. The molecule has 0 saturated carbocycles. The quantitative estimate of drug-likeness (QED) is 0.446. The molecule has 1 aliphatic rings. The van der Waals surface area contributed by atoms with Crippen LogP contribution in [0.3, 0.4) is 0 Å². The van der Waals surface area contributed by atoms with Gasteiger partial charge in [-0.05, 0) is 29.3 Å². The molecule has 0 N–H and O–H groups in total. The first-order chi connectivity index (χ1) is 14.1. The Morgan fingerprint density at radius 1 is 0.931 bits per heavy atom. The van der Waals surface area contributed by atoms with Gasteiger partial charge in [0.2, 0.25) is 0 Å². The largest absolute Gasteiger partial charge is 0.462 e. The van der Waals surface area contributed by atoms with E-state index >= 15 is 0 Å². The summed E-state index contributed by atoms with van der Waals surface area (Å²) in [5.41, 5.74) is 2.92. The summed E-state index contributed by atoms with van der Waals surface area (Å²) in [4.78, 5) is 27.9. The third-order valence-electron chi connectivity index (χ3n) is 4.67. The fourth-order valence-electron chi connectivity index (χ4n) is 3.35. The molecule has 2 unspecified atom stereocenters. The number of carbonyl (C=O) groups excluding carboxylic acids is 2. The number of esters is 2. The lowest BCUT2D eigenvalue weighted by atomic mass is 9.94. The van der Waals surface area contributed by atoms with E-state index in [-0.39, 0.29) is 24.1 Å². The molecule has 29 heavy (non-hydrogen) atoms. The average molecular weight is 391 g/mol. The van der Waals surface area contributed by atoms with Gasteiger partial charge in [-0.2, -0.15) is 0 Å². The number of benzene rings is 1. The first-order valence-corrected chi connectivity index (χ1v) is 9.79. The van der Waals surface area contributed by atoms with Crippen molar-refractivity contribution in [3.8, 4) is 0 Å². The molecule has 150 valence electrons. The highest BCUT2D eigenvalue weighted by molar-refractivity contribution is 5.86. The lowest BCUT2D eigenvalue weighted by Gasteiger charge is -2.22. The van der Waals surface area contributed by atoms with E-state index in [0.29, 0.717) is 31.4 Å². The highest BCUT2D eigenvalue weighted by Gasteiger charge is 2.19. The molecule has 0 spiro atoms. The molecule has 5 heteroatoms. The zero-order valence-corrected chi connectivity index (χ0v) is 16.5. The van der Waals surface area contributed by atoms with Gasteiger partial charge in [0.1, 0.15) is 12.2 Å². The van der Waals surface area contributed by atoms with Crippen molar-refractivity contribution >= 4 is 18.0 Å². The predicted octanol–water partition coefficient (Wildman–Crippen LogP) is 4.07. The van der Waals surface area contributed by atoms with Crippen LogP contribution in [0, 0.1) is 0 Å². The summed E-state index contributed by atoms with van der Waals surface area (Å²) < 4.78 is 11.2. The summed E-state index contributed by atoms with van der Waals surface area (Å²) in [7, 11) is 0. The Labute approximate surface area is 171 Å². The van der Waals surface area contributed by atoms with Gasteiger partial charge in [-0.25, -0.2) is 4.79 Å². The van der Waals surface area contributed by atoms with E-state index in [2.05, 4.69) is 4.98 Å². The summed E-state index contributed by atoms with van der Waals surface area (Å²) in [6, 6.07) is 13.5. The third-order valence-corrected chi connectivity index (χ3v) is 4.67. The summed E-state index contributed by atoms with van der Waals surface area (Å²) in [6.07, 6.45) is 10.7. The number of ether oxygens (including phenoxy) is 2. The molecule has 0 amide bonds. The molecular formula is C24H25NO4. The van der Waals surface area contributed by atoms with Crippen LogP contribution in [0.1, 0.15) is 36.6 Å². The van der Waals surface area contributed by atoms with Crippen LogP contribution in [0.2, 0.25) is 0 Å². The van der Waals surface area contributed by atoms with Crippen LogP contribution in [-0.2, 0) is 31.9 Å². The molecule has 5 nitrogen and oxygen atoms in total. The lowest BCUT2D eigenvalue weighted by Crippen LogP contribution is -2.23. The highest BCUT2D eigenvalue weighted by atomic mass is 16.5. The van der Waals surface area contributed by atoms with Crippen molar-refractivity contribution in [1.29, 1.82) is 0 Å². The van der Waals surface area contributed by atoms with E-state index in [1.54, 1.807) is 12.3 Å². The highest BCUT2D eigenvalue weighted by Crippen LogP contribution is 2.21. The van der Waals surface area contributed by atoms with E-state index in [1.165, 1.54) is 13.0 Å². The van der Waals surface area contributed by atoms with E-state index in [1.807, 2.05) is 54.6 Å². The predicted molar refractivity (Wildman–Crippen MR) is 111 cm³/mol. The van der Waals surface area contributed by atoms with Gasteiger partial charge in [0, 0.05) is 44.9 Å². The molecule has 2 aromatic rings. The monoisotopic (exact) mass is 391 g/mol. The van der Waals surface area contributed by atoms with Crippen molar-refractivity contribution in [2.24, 2.45) is 0 Å². The van der Waals surface area contributed by atoms with E-state index in [0.717, 1.165) is 11.1 Å². The summed E-state index contributed by atoms with van der Waals surface area (Å²) in [5, 5.41) is 0. The van der Waals surface area contributed by atoms with Crippen molar-refractivity contribution in [3.05, 3.63) is 83.7 Å². The summed E-state index contributed by atoms with van der Waals surface area (Å²) in [6.45, 7) is 1.43. The van der Waals surface area contributed by atoms with Gasteiger partial charge in [0.15, 0.2) is 0 Å². The Balaban J connectivity index is 1.71. The Morgan fingerprint density at radius 2 is 1.55 bits per heavy atom. The van der Waals surface area contributed by atoms with Gasteiger partial charge in [0.05, 0.1) is 5.69 Å². The Bertz CT molecular complexity index is 889. The number of carbonyl (C=O) groups is 2. The number of hydrogen-bond donors (Lipinski definition) is 0. The Kier molecular flexibility index (Phi) is 7.34. The third kappa shape index (κ3) is 6.71. The smallest absolute Gasteiger partial charge is 0.331 e. The molecule has 0 radical (unpaired) electrons. The van der Waals surface area contributed by atoms with Crippen molar-refractivity contribution in [2.45, 2.75) is 44.8 Å². The molecule has 0 saturated heterocycles. The van der Waals surface area contributed by atoms with Crippen molar-refractivity contribution < 1.29 is 19.1 Å². The molecule has 2 atom stereocenters. The van der Waals surface area contributed by atoms with E-state index < -0.39 is 0 Å². The number of hydrogen-bond acceptors (Lipinski definition) is 5. The van der Waals surface area contributed by atoms with Gasteiger partial charge >= 0.3 is 11.9 Å². The molecule has 3 rings (SSSR count). The topological polar surface area (TPSA) is 65.5 Å². The van der Waals surface area contributed by atoms with Crippen LogP contribution >= 0.6 is 0 Å². The normalized spacial score (nSPS) is 20.4. The number of pyridine rings is 1. The standard InChI is InChI=1S/C24H25NO4/c1-18(26)28-22-11-4-5-12-23(17-20-9-3-2-8-19(20)16-22)29-24(27)14-13-21-10-6-7-15-25-21/h2-10,13-15,22-23H,11-12,16-17H2,1H3/b5-4-,14-13+. The minimum absolute atomic E-state index is 0.190. The number of aromatic nitrogens is 1. The molecule has 0 fully saturated rings. The molecule has 1 heterocycles. The zero-order chi connectivity index (χ0) is 20.5. The second kappa shape index (κ2) is 10.4. The summed E-state index contributed by atoms with van der Waals surface area (Å²) >= 11 is 0.